The van der Waals surface area contributed by atoms with Crippen LogP contribution in [0.5, 0.6) is 0 Å². The topological polar surface area (TPSA) is 96.3 Å². The molecule has 2 unspecified atom stereocenters. The monoisotopic (exact) mass is 326 g/mol. The van der Waals surface area contributed by atoms with Gasteiger partial charge in [0.25, 0.3) is 5.69 Å². The first-order chi connectivity index (χ1) is 11.5. The summed E-state index contributed by atoms with van der Waals surface area (Å²) in [5.74, 6) is -0.218. The van der Waals surface area contributed by atoms with Gasteiger partial charge in [-0.2, -0.15) is 0 Å². The van der Waals surface area contributed by atoms with E-state index >= 15 is 0 Å². The number of hydrogen-bond acceptors (Lipinski definition) is 5. The van der Waals surface area contributed by atoms with Crippen molar-refractivity contribution in [3.8, 4) is 0 Å². The second kappa shape index (κ2) is 6.77. The van der Waals surface area contributed by atoms with E-state index in [1.165, 1.54) is 12.1 Å². The van der Waals surface area contributed by atoms with E-state index in [9.17, 15) is 14.9 Å². The van der Waals surface area contributed by atoms with E-state index in [-0.39, 0.29) is 17.6 Å². The third-order valence-electron chi connectivity index (χ3n) is 4.11. The molecule has 24 heavy (non-hydrogen) atoms. The highest BCUT2D eigenvalue weighted by atomic mass is 16.6. The molecule has 1 aliphatic heterocycles. The lowest BCUT2D eigenvalue weighted by atomic mass is 10.0. The Kier molecular flexibility index (Phi) is 4.54. The number of aryl methyl sites for hydroxylation is 1. The van der Waals surface area contributed by atoms with Crippen molar-refractivity contribution >= 4 is 17.3 Å². The molecular weight excluding hydrogens is 308 g/mol. The van der Waals surface area contributed by atoms with Gasteiger partial charge in [0.1, 0.15) is 6.04 Å². The lowest BCUT2D eigenvalue weighted by molar-refractivity contribution is -0.384. The summed E-state index contributed by atoms with van der Waals surface area (Å²) in [6, 6.07) is 13.9. The van der Waals surface area contributed by atoms with Crippen LogP contribution in [0.15, 0.2) is 48.5 Å². The van der Waals surface area contributed by atoms with E-state index in [4.69, 9.17) is 0 Å². The van der Waals surface area contributed by atoms with Crippen LogP contribution in [0, 0.1) is 17.0 Å². The summed E-state index contributed by atoms with van der Waals surface area (Å²) in [6.07, 6.45) is 0.601. The van der Waals surface area contributed by atoms with Gasteiger partial charge < -0.3 is 5.32 Å². The van der Waals surface area contributed by atoms with Gasteiger partial charge in [0.05, 0.1) is 10.6 Å². The molecule has 2 aromatic carbocycles. The predicted molar refractivity (Wildman–Crippen MR) is 90.3 cm³/mol. The molecule has 1 saturated heterocycles. The number of anilines is 1. The molecule has 7 nitrogen and oxygen atoms in total. The molecule has 2 atom stereocenters. The Balaban J connectivity index is 1.68. The molecule has 2 aromatic rings. The molecule has 0 radical (unpaired) electrons. The number of amides is 1. The fourth-order valence-corrected chi connectivity index (χ4v) is 2.71. The lowest BCUT2D eigenvalue weighted by Crippen LogP contribution is -2.39. The summed E-state index contributed by atoms with van der Waals surface area (Å²) in [7, 11) is 0. The number of nitro groups is 1. The first-order valence-electron chi connectivity index (χ1n) is 7.66. The van der Waals surface area contributed by atoms with E-state index in [0.29, 0.717) is 12.1 Å². The van der Waals surface area contributed by atoms with Crippen LogP contribution >= 0.6 is 0 Å². The first-order valence-corrected chi connectivity index (χ1v) is 7.66. The highest BCUT2D eigenvalue weighted by Gasteiger charge is 2.30. The largest absolute Gasteiger partial charge is 0.324 e. The Labute approximate surface area is 139 Å². The van der Waals surface area contributed by atoms with Crippen LogP contribution in [0.2, 0.25) is 0 Å². The highest BCUT2D eigenvalue weighted by Crippen LogP contribution is 2.25. The van der Waals surface area contributed by atoms with Gasteiger partial charge in [-0.1, -0.05) is 36.4 Å². The number of hydrazine groups is 1. The molecular formula is C17H18N4O3. The van der Waals surface area contributed by atoms with Gasteiger partial charge in [0.15, 0.2) is 0 Å². The van der Waals surface area contributed by atoms with Crippen LogP contribution < -0.4 is 16.2 Å². The van der Waals surface area contributed by atoms with Crippen LogP contribution in [-0.4, -0.2) is 16.9 Å². The quantitative estimate of drug-likeness (QED) is 0.592. The van der Waals surface area contributed by atoms with Crippen molar-refractivity contribution in [3.63, 3.8) is 0 Å². The minimum Gasteiger partial charge on any atom is -0.324 e. The zero-order valence-electron chi connectivity index (χ0n) is 13.2. The van der Waals surface area contributed by atoms with Crippen molar-refractivity contribution in [2.24, 2.45) is 0 Å². The van der Waals surface area contributed by atoms with Crippen LogP contribution in [0.4, 0.5) is 11.4 Å². The van der Waals surface area contributed by atoms with Crippen molar-refractivity contribution in [2.75, 3.05) is 5.32 Å². The highest BCUT2D eigenvalue weighted by molar-refractivity contribution is 5.96. The maximum atomic E-state index is 12.4. The van der Waals surface area contributed by atoms with Crippen molar-refractivity contribution in [2.45, 2.75) is 25.4 Å². The number of carbonyl (C=O) groups is 1. The van der Waals surface area contributed by atoms with Gasteiger partial charge in [0, 0.05) is 18.2 Å². The fraction of sp³-hybridized carbons (Fsp3) is 0.235. The summed E-state index contributed by atoms with van der Waals surface area (Å²) in [4.78, 5) is 22.8. The number of benzene rings is 2. The molecule has 124 valence electrons. The number of rotatable bonds is 4. The van der Waals surface area contributed by atoms with Crippen LogP contribution in [0.25, 0.3) is 0 Å². The zero-order chi connectivity index (χ0) is 17.1. The second-order valence-corrected chi connectivity index (χ2v) is 5.79. The molecule has 0 spiro atoms. The van der Waals surface area contributed by atoms with E-state index in [2.05, 4.69) is 16.2 Å². The van der Waals surface area contributed by atoms with E-state index in [0.717, 1.165) is 11.1 Å². The van der Waals surface area contributed by atoms with Gasteiger partial charge in [-0.25, -0.2) is 10.9 Å². The standard InChI is InChI=1S/C17H18N4O3/c1-11-7-8-13(21(23)24)9-14(11)18-17(22)16-10-15(19-20-16)12-5-3-2-4-6-12/h2-9,15-16,19-20H,10H2,1H3,(H,18,22). The number of non-ortho nitro benzene ring substituents is 1. The SMILES string of the molecule is Cc1ccc([N+](=O)[O-])cc1NC(=O)C1CC(c2ccccc2)NN1. The minimum atomic E-state index is -0.476. The lowest BCUT2D eigenvalue weighted by Gasteiger charge is -2.12. The Morgan fingerprint density at radius 2 is 1.96 bits per heavy atom. The number of nitro benzene ring substituents is 1. The molecule has 1 amide bonds. The molecule has 1 heterocycles. The number of carbonyl (C=O) groups excluding carboxylic acids is 1. The smallest absolute Gasteiger partial charge is 0.271 e. The second-order valence-electron chi connectivity index (χ2n) is 5.79. The van der Waals surface area contributed by atoms with Gasteiger partial charge in [-0.05, 0) is 24.5 Å². The van der Waals surface area contributed by atoms with Gasteiger partial charge in [-0.3, -0.25) is 14.9 Å². The Morgan fingerprint density at radius 3 is 2.67 bits per heavy atom. The molecule has 7 heteroatoms. The van der Waals surface area contributed by atoms with Crippen LogP contribution in [-0.2, 0) is 4.79 Å². The van der Waals surface area contributed by atoms with Crippen molar-refractivity contribution in [1.82, 2.24) is 10.9 Å². The molecule has 0 saturated carbocycles. The number of nitrogens with zero attached hydrogens (tertiary/aromatic N) is 1. The summed E-state index contributed by atoms with van der Waals surface area (Å²) < 4.78 is 0. The van der Waals surface area contributed by atoms with Crippen molar-refractivity contribution < 1.29 is 9.72 Å². The van der Waals surface area contributed by atoms with E-state index in [1.807, 2.05) is 30.3 Å². The molecule has 1 aliphatic rings. The number of nitrogens with one attached hydrogen (secondary N) is 3. The maximum absolute atomic E-state index is 12.4. The van der Waals surface area contributed by atoms with Gasteiger partial charge >= 0.3 is 0 Å². The third kappa shape index (κ3) is 3.42. The average molecular weight is 326 g/mol. The van der Waals surface area contributed by atoms with Crippen LogP contribution in [0.3, 0.4) is 0 Å². The van der Waals surface area contributed by atoms with Crippen LogP contribution in [0.1, 0.15) is 23.6 Å². The zero-order valence-corrected chi connectivity index (χ0v) is 13.2. The first kappa shape index (κ1) is 16.1. The maximum Gasteiger partial charge on any atom is 0.271 e. The average Bonchev–Trinajstić information content (AvgIpc) is 3.07. The minimum absolute atomic E-state index is 0.0458. The number of hydrogen-bond donors (Lipinski definition) is 3. The summed E-state index contributed by atoms with van der Waals surface area (Å²) >= 11 is 0. The third-order valence-corrected chi connectivity index (χ3v) is 4.11. The van der Waals surface area contributed by atoms with Crippen molar-refractivity contribution in [3.05, 3.63) is 69.8 Å². The van der Waals surface area contributed by atoms with Gasteiger partial charge in [-0.15, -0.1) is 0 Å². The normalized spacial score (nSPS) is 19.9. The Bertz CT molecular complexity index is 764. The van der Waals surface area contributed by atoms with E-state index in [1.54, 1.807) is 13.0 Å². The van der Waals surface area contributed by atoms with E-state index < -0.39 is 11.0 Å². The molecule has 0 aromatic heterocycles. The predicted octanol–water partition coefficient (Wildman–Crippen LogP) is 2.45. The molecule has 0 bridgehead atoms. The fourth-order valence-electron chi connectivity index (χ4n) is 2.71. The summed E-state index contributed by atoms with van der Waals surface area (Å²) in [5, 5.41) is 13.7. The Morgan fingerprint density at radius 1 is 1.21 bits per heavy atom. The Hall–Kier alpha value is -2.77. The molecule has 0 aliphatic carbocycles. The summed E-state index contributed by atoms with van der Waals surface area (Å²) in [6.45, 7) is 1.80. The molecule has 1 fully saturated rings. The molecule has 3 N–H and O–H groups in total. The molecule has 3 rings (SSSR count). The van der Waals surface area contributed by atoms with Gasteiger partial charge in [0.2, 0.25) is 5.91 Å². The summed E-state index contributed by atoms with van der Waals surface area (Å²) in [5.41, 5.74) is 8.39. The van der Waals surface area contributed by atoms with Crippen molar-refractivity contribution in [1.29, 1.82) is 0 Å².